The Balaban J connectivity index is 2.23. The van der Waals surface area contributed by atoms with E-state index in [1.807, 2.05) is 13.1 Å². The SMILES string of the molecule is CNC1CCCc2[nH]c3ccc(OC)cc3c21. The average Bonchev–Trinajstić information content (AvgIpc) is 2.75. The topological polar surface area (TPSA) is 37.0 Å². The van der Waals surface area contributed by atoms with Crippen LogP contribution in [0.1, 0.15) is 30.1 Å². The number of hydrogen-bond acceptors (Lipinski definition) is 2. The predicted octanol–water partition coefficient (Wildman–Crippen LogP) is 2.77. The Morgan fingerprint density at radius 1 is 1.41 bits per heavy atom. The molecule has 0 aliphatic heterocycles. The second kappa shape index (κ2) is 4.08. The Labute approximate surface area is 101 Å². The van der Waals surface area contributed by atoms with E-state index in [-0.39, 0.29) is 0 Å². The van der Waals surface area contributed by atoms with Gasteiger partial charge in [0.05, 0.1) is 7.11 Å². The third-order valence-electron chi connectivity index (χ3n) is 3.74. The van der Waals surface area contributed by atoms with Gasteiger partial charge in [0.1, 0.15) is 5.75 Å². The molecule has 3 heteroatoms. The summed E-state index contributed by atoms with van der Waals surface area (Å²) in [5, 5.41) is 4.72. The van der Waals surface area contributed by atoms with Gasteiger partial charge in [-0.1, -0.05) is 0 Å². The number of methoxy groups -OCH3 is 1. The molecule has 2 N–H and O–H groups in total. The minimum atomic E-state index is 0.472. The first kappa shape index (κ1) is 10.7. The summed E-state index contributed by atoms with van der Waals surface area (Å²) >= 11 is 0. The standard InChI is InChI=1S/C14H18N2O/c1-15-12-4-3-5-13-14(12)10-8-9(17-2)6-7-11(10)16-13/h6-8,12,15-16H,3-5H2,1-2H3. The third-order valence-corrected chi connectivity index (χ3v) is 3.74. The molecule has 1 aromatic carbocycles. The van der Waals surface area contributed by atoms with Gasteiger partial charge >= 0.3 is 0 Å². The van der Waals surface area contributed by atoms with Crippen LogP contribution < -0.4 is 10.1 Å². The Morgan fingerprint density at radius 2 is 2.29 bits per heavy atom. The van der Waals surface area contributed by atoms with E-state index < -0.39 is 0 Å². The molecule has 0 fully saturated rings. The van der Waals surface area contributed by atoms with Crippen molar-refractivity contribution in [2.75, 3.05) is 14.2 Å². The van der Waals surface area contributed by atoms with E-state index in [4.69, 9.17) is 4.74 Å². The van der Waals surface area contributed by atoms with Crippen molar-refractivity contribution in [3.05, 3.63) is 29.5 Å². The zero-order chi connectivity index (χ0) is 11.8. The van der Waals surface area contributed by atoms with Crippen LogP contribution in [0.5, 0.6) is 5.75 Å². The number of rotatable bonds is 2. The molecule has 0 radical (unpaired) electrons. The normalized spacial score (nSPS) is 19.3. The molecule has 3 nitrogen and oxygen atoms in total. The Kier molecular flexibility index (Phi) is 2.56. The monoisotopic (exact) mass is 230 g/mol. The highest BCUT2D eigenvalue weighted by atomic mass is 16.5. The molecule has 0 spiro atoms. The van der Waals surface area contributed by atoms with Crippen molar-refractivity contribution in [2.24, 2.45) is 0 Å². The zero-order valence-electron chi connectivity index (χ0n) is 10.3. The molecular weight excluding hydrogens is 212 g/mol. The highest BCUT2D eigenvalue weighted by molar-refractivity contribution is 5.86. The Morgan fingerprint density at radius 3 is 3.06 bits per heavy atom. The molecule has 90 valence electrons. The zero-order valence-corrected chi connectivity index (χ0v) is 10.3. The summed E-state index contributed by atoms with van der Waals surface area (Å²) in [4.78, 5) is 3.54. The van der Waals surface area contributed by atoms with Crippen LogP contribution in [0.25, 0.3) is 10.9 Å². The lowest BCUT2D eigenvalue weighted by atomic mass is 9.91. The van der Waals surface area contributed by atoms with Crippen LogP contribution in [-0.4, -0.2) is 19.1 Å². The fraction of sp³-hybridized carbons (Fsp3) is 0.429. The molecule has 1 unspecified atom stereocenters. The number of ether oxygens (including phenoxy) is 1. The molecule has 1 atom stereocenters. The van der Waals surface area contributed by atoms with Gasteiger partial charge in [0, 0.05) is 22.6 Å². The molecule has 1 aliphatic carbocycles. The van der Waals surface area contributed by atoms with E-state index in [1.165, 1.54) is 35.0 Å². The molecule has 0 saturated heterocycles. The second-order valence-electron chi connectivity index (χ2n) is 4.66. The molecule has 1 aromatic heterocycles. The summed E-state index contributed by atoms with van der Waals surface area (Å²) in [5.41, 5.74) is 4.05. The van der Waals surface area contributed by atoms with Crippen molar-refractivity contribution >= 4 is 10.9 Å². The van der Waals surface area contributed by atoms with Gasteiger partial charge in [-0.05, 0) is 50.1 Å². The summed E-state index contributed by atoms with van der Waals surface area (Å²) in [6.07, 6.45) is 3.63. The summed E-state index contributed by atoms with van der Waals surface area (Å²) < 4.78 is 5.32. The molecular formula is C14H18N2O. The van der Waals surface area contributed by atoms with Crippen LogP contribution in [0.3, 0.4) is 0 Å². The Bertz CT molecular complexity index is 544. The largest absolute Gasteiger partial charge is 0.497 e. The fourth-order valence-corrected chi connectivity index (χ4v) is 2.89. The highest BCUT2D eigenvalue weighted by Crippen LogP contribution is 2.36. The average molecular weight is 230 g/mol. The lowest BCUT2D eigenvalue weighted by Crippen LogP contribution is -2.20. The lowest BCUT2D eigenvalue weighted by molar-refractivity contribution is 0.415. The molecule has 2 aromatic rings. The van der Waals surface area contributed by atoms with Gasteiger partial charge in [-0.2, -0.15) is 0 Å². The van der Waals surface area contributed by atoms with Crippen LogP contribution in [0.2, 0.25) is 0 Å². The Hall–Kier alpha value is -1.48. The minimum Gasteiger partial charge on any atom is -0.497 e. The van der Waals surface area contributed by atoms with Gasteiger partial charge < -0.3 is 15.0 Å². The van der Waals surface area contributed by atoms with Gasteiger partial charge in [-0.15, -0.1) is 0 Å². The van der Waals surface area contributed by atoms with E-state index in [2.05, 4.69) is 22.4 Å². The van der Waals surface area contributed by atoms with Gasteiger partial charge in [0.2, 0.25) is 0 Å². The maximum atomic E-state index is 5.32. The second-order valence-corrected chi connectivity index (χ2v) is 4.66. The number of nitrogens with one attached hydrogen (secondary N) is 2. The van der Waals surface area contributed by atoms with E-state index in [0.29, 0.717) is 6.04 Å². The number of aromatic amines is 1. The number of aromatic nitrogens is 1. The van der Waals surface area contributed by atoms with Crippen LogP contribution in [0, 0.1) is 0 Å². The minimum absolute atomic E-state index is 0.472. The molecule has 3 rings (SSSR count). The molecule has 1 aliphatic rings. The van der Waals surface area contributed by atoms with Crippen molar-refractivity contribution < 1.29 is 4.74 Å². The van der Waals surface area contributed by atoms with Crippen LogP contribution >= 0.6 is 0 Å². The smallest absolute Gasteiger partial charge is 0.119 e. The summed E-state index contributed by atoms with van der Waals surface area (Å²) in [6.45, 7) is 0. The molecule has 0 amide bonds. The molecule has 0 bridgehead atoms. The van der Waals surface area contributed by atoms with Gasteiger partial charge in [0.15, 0.2) is 0 Å². The van der Waals surface area contributed by atoms with Gasteiger partial charge in [-0.3, -0.25) is 0 Å². The first-order chi connectivity index (χ1) is 8.33. The summed E-state index contributed by atoms with van der Waals surface area (Å²) in [7, 11) is 3.76. The number of benzene rings is 1. The van der Waals surface area contributed by atoms with E-state index in [0.717, 1.165) is 12.2 Å². The first-order valence-corrected chi connectivity index (χ1v) is 6.19. The summed E-state index contributed by atoms with van der Waals surface area (Å²) in [5.74, 6) is 0.930. The van der Waals surface area contributed by atoms with E-state index in [9.17, 15) is 0 Å². The lowest BCUT2D eigenvalue weighted by Gasteiger charge is -2.22. The van der Waals surface area contributed by atoms with Crippen molar-refractivity contribution in [2.45, 2.75) is 25.3 Å². The van der Waals surface area contributed by atoms with E-state index >= 15 is 0 Å². The maximum absolute atomic E-state index is 5.32. The fourth-order valence-electron chi connectivity index (χ4n) is 2.89. The molecule has 1 heterocycles. The number of hydrogen-bond donors (Lipinski definition) is 2. The van der Waals surface area contributed by atoms with Gasteiger partial charge in [0.25, 0.3) is 0 Å². The van der Waals surface area contributed by atoms with Gasteiger partial charge in [-0.25, -0.2) is 0 Å². The summed E-state index contributed by atoms with van der Waals surface area (Å²) in [6, 6.07) is 6.73. The van der Waals surface area contributed by atoms with Crippen molar-refractivity contribution in [1.82, 2.24) is 10.3 Å². The maximum Gasteiger partial charge on any atom is 0.119 e. The molecule has 17 heavy (non-hydrogen) atoms. The quantitative estimate of drug-likeness (QED) is 0.832. The first-order valence-electron chi connectivity index (χ1n) is 6.19. The van der Waals surface area contributed by atoms with Crippen LogP contribution in [0.15, 0.2) is 18.2 Å². The number of H-pyrrole nitrogens is 1. The molecule has 0 saturated carbocycles. The van der Waals surface area contributed by atoms with Crippen LogP contribution in [0.4, 0.5) is 0 Å². The highest BCUT2D eigenvalue weighted by Gasteiger charge is 2.23. The third kappa shape index (κ3) is 1.62. The van der Waals surface area contributed by atoms with Crippen molar-refractivity contribution in [3.8, 4) is 5.75 Å². The van der Waals surface area contributed by atoms with Crippen molar-refractivity contribution in [1.29, 1.82) is 0 Å². The number of aryl methyl sites for hydroxylation is 1. The predicted molar refractivity (Wildman–Crippen MR) is 69.6 cm³/mol. The van der Waals surface area contributed by atoms with Crippen molar-refractivity contribution in [3.63, 3.8) is 0 Å². The number of fused-ring (bicyclic) bond motifs is 3. The van der Waals surface area contributed by atoms with E-state index in [1.54, 1.807) is 7.11 Å². The van der Waals surface area contributed by atoms with Crippen LogP contribution in [-0.2, 0) is 6.42 Å².